The van der Waals surface area contributed by atoms with Crippen molar-refractivity contribution in [3.8, 4) is 0 Å². The molecular weight excluding hydrogens is 278 g/mol. The number of aryl methyl sites for hydroxylation is 1. The molecule has 3 aromatic rings. The molecule has 0 bridgehead atoms. The smallest absolute Gasteiger partial charge is 0.270 e. The fourth-order valence-corrected chi connectivity index (χ4v) is 2.54. The van der Waals surface area contributed by atoms with Crippen molar-refractivity contribution in [3.05, 3.63) is 87.5 Å². The van der Waals surface area contributed by atoms with Crippen LogP contribution in [-0.2, 0) is 0 Å². The molecule has 0 aromatic heterocycles. The van der Waals surface area contributed by atoms with Crippen LogP contribution in [0.15, 0.2) is 60.7 Å². The summed E-state index contributed by atoms with van der Waals surface area (Å²) in [6, 6.07) is 17.2. The highest BCUT2D eigenvalue weighted by molar-refractivity contribution is 6.16. The van der Waals surface area contributed by atoms with Crippen molar-refractivity contribution in [2.45, 2.75) is 6.92 Å². The molecule has 4 heteroatoms. The van der Waals surface area contributed by atoms with Crippen molar-refractivity contribution in [2.24, 2.45) is 0 Å². The molecule has 0 aliphatic carbocycles. The minimum atomic E-state index is -0.448. The molecule has 108 valence electrons. The van der Waals surface area contributed by atoms with Gasteiger partial charge in [-0.3, -0.25) is 14.9 Å². The molecule has 0 amide bonds. The van der Waals surface area contributed by atoms with E-state index in [1.54, 1.807) is 36.4 Å². The Bertz CT molecular complexity index is 885. The number of nitrogens with zero attached hydrogens (tertiary/aromatic N) is 1. The predicted molar refractivity (Wildman–Crippen MR) is 85.2 cm³/mol. The third-order valence-electron chi connectivity index (χ3n) is 3.57. The highest BCUT2D eigenvalue weighted by Crippen LogP contribution is 2.27. The molecule has 0 radical (unpaired) electrons. The van der Waals surface area contributed by atoms with Gasteiger partial charge in [-0.1, -0.05) is 36.4 Å². The van der Waals surface area contributed by atoms with Crippen LogP contribution in [0.2, 0.25) is 0 Å². The van der Waals surface area contributed by atoms with Gasteiger partial charge in [-0.15, -0.1) is 0 Å². The van der Waals surface area contributed by atoms with Crippen LogP contribution in [0, 0.1) is 17.0 Å². The molecule has 0 fully saturated rings. The predicted octanol–water partition coefficient (Wildman–Crippen LogP) is 4.29. The summed E-state index contributed by atoms with van der Waals surface area (Å²) in [5.41, 5.74) is 1.99. The lowest BCUT2D eigenvalue weighted by atomic mass is 9.95. The van der Waals surface area contributed by atoms with Crippen molar-refractivity contribution in [2.75, 3.05) is 0 Å². The number of carbonyl (C=O) groups is 1. The first-order valence-corrected chi connectivity index (χ1v) is 6.85. The maximum atomic E-state index is 12.7. The van der Waals surface area contributed by atoms with Gasteiger partial charge in [-0.2, -0.15) is 0 Å². The van der Waals surface area contributed by atoms with Crippen molar-refractivity contribution >= 4 is 22.2 Å². The first-order chi connectivity index (χ1) is 10.6. The van der Waals surface area contributed by atoms with E-state index in [4.69, 9.17) is 0 Å². The van der Waals surface area contributed by atoms with Crippen LogP contribution >= 0.6 is 0 Å². The Kier molecular flexibility index (Phi) is 3.43. The molecule has 0 aliphatic rings. The maximum Gasteiger partial charge on any atom is 0.270 e. The topological polar surface area (TPSA) is 60.2 Å². The van der Waals surface area contributed by atoms with Gasteiger partial charge < -0.3 is 0 Å². The van der Waals surface area contributed by atoms with Crippen LogP contribution in [0.1, 0.15) is 21.5 Å². The molecule has 3 rings (SSSR count). The number of rotatable bonds is 3. The van der Waals surface area contributed by atoms with E-state index in [0.717, 1.165) is 10.9 Å². The molecule has 22 heavy (non-hydrogen) atoms. The molecule has 0 unspecified atom stereocenters. The SMILES string of the molecule is Cc1cc(C(=O)c2ccccc2)c2cc([N+](=O)[O-])ccc2c1. The van der Waals surface area contributed by atoms with E-state index in [0.29, 0.717) is 16.5 Å². The second-order valence-electron chi connectivity index (χ2n) is 5.17. The summed E-state index contributed by atoms with van der Waals surface area (Å²) in [5.74, 6) is -0.130. The summed E-state index contributed by atoms with van der Waals surface area (Å²) in [6.07, 6.45) is 0. The number of fused-ring (bicyclic) bond motifs is 1. The molecule has 0 saturated carbocycles. The lowest BCUT2D eigenvalue weighted by Gasteiger charge is -2.08. The number of hydrogen-bond donors (Lipinski definition) is 0. The number of nitro benzene ring substituents is 1. The van der Waals surface area contributed by atoms with Crippen molar-refractivity contribution in [1.29, 1.82) is 0 Å². The van der Waals surface area contributed by atoms with Crippen LogP contribution in [0.3, 0.4) is 0 Å². The Labute approximate surface area is 127 Å². The van der Waals surface area contributed by atoms with E-state index >= 15 is 0 Å². The van der Waals surface area contributed by atoms with E-state index in [1.807, 2.05) is 19.1 Å². The highest BCUT2D eigenvalue weighted by Gasteiger charge is 2.15. The third-order valence-corrected chi connectivity index (χ3v) is 3.57. The summed E-state index contributed by atoms with van der Waals surface area (Å²) >= 11 is 0. The largest absolute Gasteiger partial charge is 0.289 e. The van der Waals surface area contributed by atoms with Gasteiger partial charge in [-0.25, -0.2) is 0 Å². The number of non-ortho nitro benzene ring substituents is 1. The zero-order chi connectivity index (χ0) is 15.7. The third kappa shape index (κ3) is 2.46. The number of hydrogen-bond acceptors (Lipinski definition) is 3. The fourth-order valence-electron chi connectivity index (χ4n) is 2.54. The van der Waals surface area contributed by atoms with Crippen LogP contribution in [0.5, 0.6) is 0 Å². The number of carbonyl (C=O) groups excluding carboxylic acids is 1. The average Bonchev–Trinajstić information content (AvgIpc) is 2.53. The Morgan fingerprint density at radius 2 is 1.73 bits per heavy atom. The first-order valence-electron chi connectivity index (χ1n) is 6.85. The van der Waals surface area contributed by atoms with Gasteiger partial charge in [-0.05, 0) is 35.4 Å². The summed E-state index contributed by atoms with van der Waals surface area (Å²) < 4.78 is 0. The van der Waals surface area contributed by atoms with Gasteiger partial charge in [0.15, 0.2) is 5.78 Å². The van der Waals surface area contributed by atoms with Gasteiger partial charge >= 0.3 is 0 Å². The summed E-state index contributed by atoms with van der Waals surface area (Å²) in [4.78, 5) is 23.3. The van der Waals surface area contributed by atoms with Crippen molar-refractivity contribution in [1.82, 2.24) is 0 Å². The molecular formula is C18H13NO3. The van der Waals surface area contributed by atoms with E-state index in [-0.39, 0.29) is 11.5 Å². The van der Waals surface area contributed by atoms with E-state index in [2.05, 4.69) is 0 Å². The van der Waals surface area contributed by atoms with Crippen LogP contribution in [0.25, 0.3) is 10.8 Å². The first kappa shape index (κ1) is 13.9. The number of ketones is 1. The lowest BCUT2D eigenvalue weighted by molar-refractivity contribution is -0.384. The van der Waals surface area contributed by atoms with Gasteiger partial charge in [0, 0.05) is 23.3 Å². The molecule has 3 aromatic carbocycles. The summed E-state index contributed by atoms with van der Waals surface area (Å²) in [6.45, 7) is 1.91. The minimum Gasteiger partial charge on any atom is -0.289 e. The molecule has 0 N–H and O–H groups in total. The molecule has 0 saturated heterocycles. The monoisotopic (exact) mass is 291 g/mol. The Hall–Kier alpha value is -3.01. The van der Waals surface area contributed by atoms with E-state index in [9.17, 15) is 14.9 Å². The standard InChI is InChI=1S/C18H13NO3/c1-12-9-14-7-8-15(19(21)22)11-16(14)17(10-12)18(20)13-5-3-2-4-6-13/h2-11H,1H3. The van der Waals surface area contributed by atoms with Gasteiger partial charge in [0.25, 0.3) is 5.69 Å². The van der Waals surface area contributed by atoms with Crippen molar-refractivity contribution in [3.63, 3.8) is 0 Å². The van der Waals surface area contributed by atoms with Crippen LogP contribution < -0.4 is 0 Å². The lowest BCUT2D eigenvalue weighted by Crippen LogP contribution is -2.03. The Morgan fingerprint density at radius 3 is 2.41 bits per heavy atom. The molecule has 0 aliphatic heterocycles. The zero-order valence-electron chi connectivity index (χ0n) is 11.9. The Morgan fingerprint density at radius 1 is 1.00 bits per heavy atom. The Balaban J connectivity index is 2.25. The normalized spacial score (nSPS) is 10.6. The maximum absolute atomic E-state index is 12.7. The average molecular weight is 291 g/mol. The van der Waals surface area contributed by atoms with Crippen molar-refractivity contribution < 1.29 is 9.72 Å². The molecule has 4 nitrogen and oxygen atoms in total. The second-order valence-corrected chi connectivity index (χ2v) is 5.17. The molecule has 0 heterocycles. The fraction of sp³-hybridized carbons (Fsp3) is 0.0556. The van der Waals surface area contributed by atoms with Crippen LogP contribution in [-0.4, -0.2) is 10.7 Å². The molecule has 0 atom stereocenters. The van der Waals surface area contributed by atoms with E-state index < -0.39 is 4.92 Å². The van der Waals surface area contributed by atoms with Gasteiger partial charge in [0.1, 0.15) is 0 Å². The van der Waals surface area contributed by atoms with Crippen LogP contribution in [0.4, 0.5) is 5.69 Å². The highest BCUT2D eigenvalue weighted by atomic mass is 16.6. The van der Waals surface area contributed by atoms with E-state index in [1.165, 1.54) is 12.1 Å². The summed E-state index contributed by atoms with van der Waals surface area (Å²) in [7, 11) is 0. The summed E-state index contributed by atoms with van der Waals surface area (Å²) in [5, 5.41) is 12.4. The number of benzene rings is 3. The quantitative estimate of drug-likeness (QED) is 0.411. The zero-order valence-corrected chi connectivity index (χ0v) is 11.9. The van der Waals surface area contributed by atoms with Gasteiger partial charge in [0.05, 0.1) is 4.92 Å². The minimum absolute atomic E-state index is 0.0153. The van der Waals surface area contributed by atoms with Gasteiger partial charge in [0.2, 0.25) is 0 Å². The second kappa shape index (κ2) is 5.41. The number of nitro groups is 1. The molecule has 0 spiro atoms.